The van der Waals surface area contributed by atoms with Crippen LogP contribution in [0.2, 0.25) is 0 Å². The van der Waals surface area contributed by atoms with E-state index in [9.17, 15) is 0 Å². The van der Waals surface area contributed by atoms with E-state index in [1.807, 2.05) is 6.92 Å². The van der Waals surface area contributed by atoms with E-state index in [0.717, 1.165) is 51.6 Å². The SMILES string of the molecule is CCNC(=NCc1cccc(COCCOCC)c1)N1CCC(OCC)CC1. The summed E-state index contributed by atoms with van der Waals surface area (Å²) in [6.07, 6.45) is 2.52. The molecule has 6 heteroatoms. The topological polar surface area (TPSA) is 55.3 Å². The average Bonchev–Trinajstić information content (AvgIpc) is 2.72. The maximum atomic E-state index is 5.76. The van der Waals surface area contributed by atoms with Gasteiger partial charge in [-0.25, -0.2) is 4.99 Å². The summed E-state index contributed by atoms with van der Waals surface area (Å²) in [6.45, 7) is 13.1. The van der Waals surface area contributed by atoms with E-state index in [1.54, 1.807) is 0 Å². The first kappa shape index (κ1) is 22.7. The fraction of sp³-hybridized carbons (Fsp3) is 0.682. The highest BCUT2D eigenvalue weighted by Crippen LogP contribution is 2.14. The summed E-state index contributed by atoms with van der Waals surface area (Å²) >= 11 is 0. The van der Waals surface area contributed by atoms with Gasteiger partial charge in [0, 0.05) is 32.8 Å². The van der Waals surface area contributed by atoms with Crippen molar-refractivity contribution < 1.29 is 14.2 Å². The highest BCUT2D eigenvalue weighted by Gasteiger charge is 2.21. The molecule has 1 aliphatic rings. The Morgan fingerprint density at radius 1 is 1.07 bits per heavy atom. The lowest BCUT2D eigenvalue weighted by atomic mass is 10.1. The number of hydrogen-bond donors (Lipinski definition) is 1. The third-order valence-corrected chi connectivity index (χ3v) is 4.73. The summed E-state index contributed by atoms with van der Waals surface area (Å²) < 4.78 is 16.7. The van der Waals surface area contributed by atoms with Crippen molar-refractivity contribution in [2.75, 3.05) is 46.1 Å². The maximum absolute atomic E-state index is 5.76. The molecule has 0 radical (unpaired) electrons. The van der Waals surface area contributed by atoms with Gasteiger partial charge < -0.3 is 24.4 Å². The molecule has 1 aromatic carbocycles. The molecule has 0 saturated carbocycles. The van der Waals surface area contributed by atoms with Crippen LogP contribution in [-0.2, 0) is 27.4 Å². The Labute approximate surface area is 170 Å². The minimum Gasteiger partial charge on any atom is -0.379 e. The van der Waals surface area contributed by atoms with E-state index in [-0.39, 0.29) is 0 Å². The standard InChI is InChI=1S/C22H37N3O3/c1-4-23-22(25-12-10-21(11-13-25)28-6-3)24-17-19-8-7-9-20(16-19)18-27-15-14-26-5-2/h7-9,16,21H,4-6,10-15,17-18H2,1-3H3,(H,23,24). The number of ether oxygens (including phenoxy) is 3. The minimum atomic E-state index is 0.392. The zero-order chi connectivity index (χ0) is 20.0. The second-order valence-electron chi connectivity index (χ2n) is 6.88. The predicted molar refractivity (Wildman–Crippen MR) is 114 cm³/mol. The van der Waals surface area contributed by atoms with Crippen molar-refractivity contribution >= 4 is 5.96 Å². The first-order chi connectivity index (χ1) is 13.8. The highest BCUT2D eigenvalue weighted by molar-refractivity contribution is 5.80. The van der Waals surface area contributed by atoms with Crippen molar-refractivity contribution in [1.82, 2.24) is 10.2 Å². The van der Waals surface area contributed by atoms with Crippen molar-refractivity contribution in [2.24, 2.45) is 4.99 Å². The van der Waals surface area contributed by atoms with Crippen LogP contribution in [0.5, 0.6) is 0 Å². The van der Waals surface area contributed by atoms with E-state index in [1.165, 1.54) is 11.1 Å². The van der Waals surface area contributed by atoms with Gasteiger partial charge in [-0.3, -0.25) is 0 Å². The number of piperidine rings is 1. The number of aliphatic imine (C=N–C) groups is 1. The van der Waals surface area contributed by atoms with Crippen LogP contribution in [0.1, 0.15) is 44.7 Å². The van der Waals surface area contributed by atoms with Crippen molar-refractivity contribution in [3.05, 3.63) is 35.4 Å². The molecule has 6 nitrogen and oxygen atoms in total. The third kappa shape index (κ3) is 8.17. The predicted octanol–water partition coefficient (Wildman–Crippen LogP) is 3.21. The van der Waals surface area contributed by atoms with Crippen molar-refractivity contribution in [3.63, 3.8) is 0 Å². The normalized spacial score (nSPS) is 15.8. The van der Waals surface area contributed by atoms with Gasteiger partial charge in [-0.1, -0.05) is 24.3 Å². The summed E-state index contributed by atoms with van der Waals surface area (Å²) in [5, 5.41) is 3.43. The third-order valence-electron chi connectivity index (χ3n) is 4.73. The number of nitrogens with zero attached hydrogens (tertiary/aromatic N) is 2. The molecule has 0 atom stereocenters. The first-order valence-corrected chi connectivity index (χ1v) is 10.6. The number of nitrogens with one attached hydrogen (secondary N) is 1. The van der Waals surface area contributed by atoms with Crippen molar-refractivity contribution in [3.8, 4) is 0 Å². The van der Waals surface area contributed by atoms with Gasteiger partial charge in [0.05, 0.1) is 32.5 Å². The van der Waals surface area contributed by atoms with Crippen molar-refractivity contribution in [2.45, 2.75) is 52.9 Å². The second kappa shape index (κ2) is 13.5. The fourth-order valence-electron chi connectivity index (χ4n) is 3.33. The number of rotatable bonds is 11. The molecule has 158 valence electrons. The van der Waals surface area contributed by atoms with Crippen LogP contribution >= 0.6 is 0 Å². The summed E-state index contributed by atoms with van der Waals surface area (Å²) in [6, 6.07) is 8.47. The first-order valence-electron chi connectivity index (χ1n) is 10.6. The summed E-state index contributed by atoms with van der Waals surface area (Å²) in [7, 11) is 0. The lowest BCUT2D eigenvalue weighted by Crippen LogP contribution is -2.47. The summed E-state index contributed by atoms with van der Waals surface area (Å²) in [5.41, 5.74) is 2.37. The quantitative estimate of drug-likeness (QED) is 0.357. The maximum Gasteiger partial charge on any atom is 0.194 e. The lowest BCUT2D eigenvalue weighted by Gasteiger charge is -2.34. The van der Waals surface area contributed by atoms with Gasteiger partial charge in [0.25, 0.3) is 0 Å². The number of benzene rings is 1. The Hall–Kier alpha value is -1.63. The van der Waals surface area contributed by atoms with E-state index in [2.05, 4.69) is 48.3 Å². The molecule has 0 aromatic heterocycles. The van der Waals surface area contributed by atoms with E-state index < -0.39 is 0 Å². The molecule has 0 bridgehead atoms. The van der Waals surface area contributed by atoms with Gasteiger partial charge >= 0.3 is 0 Å². The minimum absolute atomic E-state index is 0.392. The smallest absolute Gasteiger partial charge is 0.194 e. The Morgan fingerprint density at radius 2 is 1.82 bits per heavy atom. The molecule has 2 rings (SSSR count). The molecule has 0 aliphatic carbocycles. The second-order valence-corrected chi connectivity index (χ2v) is 6.88. The average molecular weight is 392 g/mol. The Kier molecular flexibility index (Phi) is 10.9. The van der Waals surface area contributed by atoms with Crippen molar-refractivity contribution in [1.29, 1.82) is 0 Å². The largest absolute Gasteiger partial charge is 0.379 e. The zero-order valence-corrected chi connectivity index (χ0v) is 17.8. The highest BCUT2D eigenvalue weighted by atomic mass is 16.5. The van der Waals surface area contributed by atoms with Gasteiger partial charge in [0.1, 0.15) is 0 Å². The Bertz CT molecular complexity index is 572. The Balaban J connectivity index is 1.87. The van der Waals surface area contributed by atoms with Gasteiger partial charge in [-0.2, -0.15) is 0 Å². The van der Waals surface area contributed by atoms with Crippen LogP contribution in [0, 0.1) is 0 Å². The fourth-order valence-corrected chi connectivity index (χ4v) is 3.33. The molecule has 28 heavy (non-hydrogen) atoms. The molecule has 0 amide bonds. The van der Waals surface area contributed by atoms with Gasteiger partial charge in [-0.05, 0) is 44.7 Å². The molecule has 0 spiro atoms. The Morgan fingerprint density at radius 3 is 2.54 bits per heavy atom. The van der Waals surface area contributed by atoms with Gasteiger partial charge in [0.15, 0.2) is 5.96 Å². The van der Waals surface area contributed by atoms with Crippen LogP contribution in [-0.4, -0.2) is 63.0 Å². The van der Waals surface area contributed by atoms with Crippen LogP contribution in [0.3, 0.4) is 0 Å². The number of likely N-dealkylation sites (tertiary alicyclic amines) is 1. The number of hydrogen-bond acceptors (Lipinski definition) is 4. The van der Waals surface area contributed by atoms with E-state index in [0.29, 0.717) is 32.5 Å². The molecular formula is C22H37N3O3. The van der Waals surface area contributed by atoms with E-state index >= 15 is 0 Å². The number of guanidine groups is 1. The molecule has 1 N–H and O–H groups in total. The van der Waals surface area contributed by atoms with Crippen LogP contribution in [0.4, 0.5) is 0 Å². The molecule has 1 aromatic rings. The molecular weight excluding hydrogens is 354 g/mol. The zero-order valence-electron chi connectivity index (χ0n) is 17.8. The lowest BCUT2D eigenvalue weighted by molar-refractivity contribution is 0.0263. The van der Waals surface area contributed by atoms with Crippen LogP contribution in [0.25, 0.3) is 0 Å². The van der Waals surface area contributed by atoms with E-state index in [4.69, 9.17) is 19.2 Å². The van der Waals surface area contributed by atoms with Crippen LogP contribution in [0.15, 0.2) is 29.3 Å². The van der Waals surface area contributed by atoms with Crippen LogP contribution < -0.4 is 5.32 Å². The monoisotopic (exact) mass is 391 g/mol. The summed E-state index contributed by atoms with van der Waals surface area (Å²) in [4.78, 5) is 7.22. The molecule has 1 fully saturated rings. The summed E-state index contributed by atoms with van der Waals surface area (Å²) in [5.74, 6) is 0.996. The van der Waals surface area contributed by atoms with Gasteiger partial charge in [0.2, 0.25) is 0 Å². The molecule has 1 heterocycles. The van der Waals surface area contributed by atoms with Gasteiger partial charge in [-0.15, -0.1) is 0 Å². The molecule has 0 unspecified atom stereocenters. The molecule has 1 saturated heterocycles. The molecule has 1 aliphatic heterocycles.